The second-order valence-electron chi connectivity index (χ2n) is 5.99. The largest absolute Gasteiger partial charge is 0.573 e. The number of aryl methyl sites for hydroxylation is 1. The summed E-state index contributed by atoms with van der Waals surface area (Å²) >= 11 is 0. The summed E-state index contributed by atoms with van der Waals surface area (Å²) in [5.41, 5.74) is 1.33. The molecule has 0 saturated carbocycles. The number of aromatic nitrogens is 6. The van der Waals surface area contributed by atoms with Gasteiger partial charge in [0.05, 0.1) is 0 Å². The highest BCUT2D eigenvalue weighted by atomic mass is 19.4. The van der Waals surface area contributed by atoms with Gasteiger partial charge in [-0.1, -0.05) is 12.1 Å². The molecule has 11 heteroatoms. The quantitative estimate of drug-likeness (QED) is 0.534. The Morgan fingerprint density at radius 1 is 1.04 bits per heavy atom. The Kier molecular flexibility index (Phi) is 4.13. The molecule has 3 aromatic heterocycles. The van der Waals surface area contributed by atoms with Gasteiger partial charge in [0.1, 0.15) is 18.6 Å². The standard InChI is InChI=1S/C17H13F3N6O2/c1-24-10-21-14(22-24)9-26-16(27)25-8-12(4-7-15(25)23-26)11-2-5-13(6-3-11)28-17(18,19)20/h2-8,10H,9H2,1H3. The fourth-order valence-corrected chi connectivity index (χ4v) is 2.73. The Balaban J connectivity index is 1.64. The van der Waals surface area contributed by atoms with Crippen LogP contribution in [0.4, 0.5) is 13.2 Å². The highest BCUT2D eigenvalue weighted by Gasteiger charge is 2.30. The van der Waals surface area contributed by atoms with Crippen molar-refractivity contribution in [3.8, 4) is 16.9 Å². The summed E-state index contributed by atoms with van der Waals surface area (Å²) < 4.78 is 44.8. The van der Waals surface area contributed by atoms with Gasteiger partial charge in [-0.2, -0.15) is 5.10 Å². The van der Waals surface area contributed by atoms with E-state index < -0.39 is 6.36 Å². The average Bonchev–Trinajstić information content (AvgIpc) is 3.18. The molecule has 0 radical (unpaired) electrons. The number of pyridine rings is 1. The fourth-order valence-electron chi connectivity index (χ4n) is 2.73. The lowest BCUT2D eigenvalue weighted by molar-refractivity contribution is -0.274. The molecule has 0 spiro atoms. The molecule has 0 saturated heterocycles. The Morgan fingerprint density at radius 2 is 1.75 bits per heavy atom. The summed E-state index contributed by atoms with van der Waals surface area (Å²) in [6.07, 6.45) is -1.64. The zero-order valence-corrected chi connectivity index (χ0v) is 14.5. The van der Waals surface area contributed by atoms with E-state index in [9.17, 15) is 18.0 Å². The van der Waals surface area contributed by atoms with Crippen LogP contribution in [0, 0.1) is 0 Å². The van der Waals surface area contributed by atoms with Crippen molar-refractivity contribution in [1.82, 2.24) is 28.9 Å². The number of benzene rings is 1. The Bertz CT molecular complexity index is 1190. The number of hydrogen-bond acceptors (Lipinski definition) is 5. The molecule has 0 atom stereocenters. The third-order valence-electron chi connectivity index (χ3n) is 3.94. The molecule has 0 aliphatic heterocycles. The molecule has 0 aliphatic carbocycles. The van der Waals surface area contributed by atoms with E-state index in [1.54, 1.807) is 25.4 Å². The van der Waals surface area contributed by atoms with E-state index in [4.69, 9.17) is 0 Å². The van der Waals surface area contributed by atoms with E-state index in [0.29, 0.717) is 22.6 Å². The number of nitrogens with zero attached hydrogens (tertiary/aromatic N) is 6. The average molecular weight is 390 g/mol. The fraction of sp³-hybridized carbons (Fsp3) is 0.176. The van der Waals surface area contributed by atoms with E-state index in [-0.39, 0.29) is 18.0 Å². The Morgan fingerprint density at radius 3 is 2.39 bits per heavy atom. The molecule has 0 fully saturated rings. The normalized spacial score (nSPS) is 11.9. The van der Waals surface area contributed by atoms with Crippen LogP contribution in [0.5, 0.6) is 5.75 Å². The Hall–Kier alpha value is -3.63. The van der Waals surface area contributed by atoms with E-state index >= 15 is 0 Å². The first-order valence-corrected chi connectivity index (χ1v) is 8.08. The lowest BCUT2D eigenvalue weighted by atomic mass is 10.1. The predicted octanol–water partition coefficient (Wildman–Crippen LogP) is 2.24. The van der Waals surface area contributed by atoms with Gasteiger partial charge >= 0.3 is 12.1 Å². The van der Waals surface area contributed by atoms with Gasteiger partial charge in [-0.25, -0.2) is 18.9 Å². The van der Waals surface area contributed by atoms with E-state index in [2.05, 4.69) is 19.9 Å². The van der Waals surface area contributed by atoms with E-state index in [0.717, 1.165) is 0 Å². The zero-order valence-electron chi connectivity index (χ0n) is 14.5. The van der Waals surface area contributed by atoms with E-state index in [1.807, 2.05) is 0 Å². The van der Waals surface area contributed by atoms with Gasteiger partial charge < -0.3 is 4.74 Å². The van der Waals surface area contributed by atoms with Crippen LogP contribution in [-0.4, -0.2) is 35.3 Å². The number of fused-ring (bicyclic) bond motifs is 1. The molecule has 4 rings (SSSR count). The molecular formula is C17H13F3N6O2. The SMILES string of the molecule is Cn1cnc(Cn2nc3ccc(-c4ccc(OC(F)(F)F)cc4)cn3c2=O)n1. The van der Waals surface area contributed by atoms with Crippen molar-refractivity contribution in [2.24, 2.45) is 7.05 Å². The monoisotopic (exact) mass is 390 g/mol. The molecule has 0 aliphatic rings. The second-order valence-corrected chi connectivity index (χ2v) is 5.99. The van der Waals surface area contributed by atoms with Crippen molar-refractivity contribution >= 4 is 5.65 Å². The highest BCUT2D eigenvalue weighted by molar-refractivity contribution is 5.65. The van der Waals surface area contributed by atoms with Crippen LogP contribution in [0.15, 0.2) is 53.7 Å². The summed E-state index contributed by atoms with van der Waals surface area (Å²) in [4.78, 5) is 16.7. The van der Waals surface area contributed by atoms with Gasteiger partial charge in [0.15, 0.2) is 11.5 Å². The minimum Gasteiger partial charge on any atom is -0.406 e. The lowest BCUT2D eigenvalue weighted by Crippen LogP contribution is -2.22. The van der Waals surface area contributed by atoms with Crippen molar-refractivity contribution in [3.05, 3.63) is 65.2 Å². The molecular weight excluding hydrogens is 377 g/mol. The minimum absolute atomic E-state index is 0.125. The van der Waals surface area contributed by atoms with Gasteiger partial charge in [-0.3, -0.25) is 4.68 Å². The first-order chi connectivity index (χ1) is 13.3. The van der Waals surface area contributed by atoms with Gasteiger partial charge in [0, 0.05) is 13.2 Å². The smallest absolute Gasteiger partial charge is 0.406 e. The third-order valence-corrected chi connectivity index (χ3v) is 3.94. The Labute approximate surface area is 155 Å². The van der Waals surface area contributed by atoms with Gasteiger partial charge in [0.2, 0.25) is 0 Å². The van der Waals surface area contributed by atoms with Crippen molar-refractivity contribution in [3.63, 3.8) is 0 Å². The summed E-state index contributed by atoms with van der Waals surface area (Å²) in [5.74, 6) is 0.138. The van der Waals surface area contributed by atoms with E-state index in [1.165, 1.54) is 44.4 Å². The van der Waals surface area contributed by atoms with Crippen LogP contribution < -0.4 is 10.4 Å². The van der Waals surface area contributed by atoms with Crippen LogP contribution in [-0.2, 0) is 13.6 Å². The van der Waals surface area contributed by atoms with Crippen LogP contribution in [0.25, 0.3) is 16.8 Å². The van der Waals surface area contributed by atoms with Gasteiger partial charge in [0.25, 0.3) is 0 Å². The minimum atomic E-state index is -4.75. The van der Waals surface area contributed by atoms with Gasteiger partial charge in [-0.05, 0) is 35.4 Å². The molecule has 8 nitrogen and oxygen atoms in total. The van der Waals surface area contributed by atoms with Crippen molar-refractivity contribution in [1.29, 1.82) is 0 Å². The number of halogens is 3. The van der Waals surface area contributed by atoms with Crippen LogP contribution in [0.1, 0.15) is 5.82 Å². The number of alkyl halides is 3. The maximum atomic E-state index is 12.6. The van der Waals surface area contributed by atoms with Crippen LogP contribution in [0.3, 0.4) is 0 Å². The zero-order chi connectivity index (χ0) is 19.9. The molecule has 144 valence electrons. The van der Waals surface area contributed by atoms with Crippen molar-refractivity contribution in [2.75, 3.05) is 0 Å². The number of hydrogen-bond donors (Lipinski definition) is 0. The van der Waals surface area contributed by atoms with Crippen molar-refractivity contribution in [2.45, 2.75) is 12.9 Å². The lowest BCUT2D eigenvalue weighted by Gasteiger charge is -2.09. The molecule has 0 N–H and O–H groups in total. The topological polar surface area (TPSA) is 79.2 Å². The first-order valence-electron chi connectivity index (χ1n) is 8.08. The molecule has 4 aromatic rings. The summed E-state index contributed by atoms with van der Waals surface area (Å²) in [6, 6.07) is 8.77. The van der Waals surface area contributed by atoms with Gasteiger partial charge in [-0.15, -0.1) is 18.3 Å². The number of ether oxygens (including phenoxy) is 1. The summed E-state index contributed by atoms with van der Waals surface area (Å²) in [6.45, 7) is 0.125. The summed E-state index contributed by atoms with van der Waals surface area (Å²) in [5, 5.41) is 8.36. The van der Waals surface area contributed by atoms with Crippen LogP contribution >= 0.6 is 0 Å². The molecule has 3 heterocycles. The molecule has 28 heavy (non-hydrogen) atoms. The summed E-state index contributed by atoms with van der Waals surface area (Å²) in [7, 11) is 1.72. The molecule has 0 amide bonds. The first kappa shape index (κ1) is 17.8. The molecule has 0 bridgehead atoms. The molecule has 1 aromatic carbocycles. The van der Waals surface area contributed by atoms with Crippen LogP contribution in [0.2, 0.25) is 0 Å². The maximum absolute atomic E-state index is 12.6. The predicted molar refractivity (Wildman–Crippen MR) is 91.7 cm³/mol. The third kappa shape index (κ3) is 3.59. The second kappa shape index (κ2) is 6.51. The highest BCUT2D eigenvalue weighted by Crippen LogP contribution is 2.26. The van der Waals surface area contributed by atoms with Crippen molar-refractivity contribution < 1.29 is 17.9 Å². The maximum Gasteiger partial charge on any atom is 0.573 e. The molecule has 0 unspecified atom stereocenters. The number of rotatable bonds is 4.